The van der Waals surface area contributed by atoms with E-state index in [4.69, 9.17) is 4.74 Å². The van der Waals surface area contributed by atoms with E-state index >= 15 is 0 Å². The molecule has 0 saturated carbocycles. The minimum Gasteiger partial charge on any atom is -0.447 e. The number of aryl methyl sites for hydroxylation is 1. The van der Waals surface area contributed by atoms with Crippen LogP contribution in [0.5, 0.6) is 0 Å². The molecule has 1 saturated heterocycles. The maximum Gasteiger partial charge on any atom is 0.417 e. The molecule has 9 heteroatoms. The van der Waals surface area contributed by atoms with Gasteiger partial charge in [-0.2, -0.15) is 15.0 Å². The predicted molar refractivity (Wildman–Crippen MR) is 121 cm³/mol. The highest BCUT2D eigenvalue weighted by Gasteiger charge is 2.35. The number of benzene rings is 2. The van der Waals surface area contributed by atoms with E-state index < -0.39 is 6.09 Å². The third-order valence-electron chi connectivity index (χ3n) is 5.16. The number of hydrogen-bond acceptors (Lipinski definition) is 7. The summed E-state index contributed by atoms with van der Waals surface area (Å²) in [5.41, 5.74) is 1.06. The summed E-state index contributed by atoms with van der Waals surface area (Å²) in [6, 6.07) is 14.4. The Balaban J connectivity index is 1.46. The van der Waals surface area contributed by atoms with Crippen LogP contribution in [0.15, 0.2) is 58.3 Å². The minimum atomic E-state index is -0.435. The van der Waals surface area contributed by atoms with E-state index in [1.54, 1.807) is 30.8 Å². The van der Waals surface area contributed by atoms with Gasteiger partial charge in [-0.3, -0.25) is 0 Å². The van der Waals surface area contributed by atoms with Crippen molar-refractivity contribution >= 4 is 29.8 Å². The van der Waals surface area contributed by atoms with Gasteiger partial charge >= 0.3 is 6.09 Å². The highest BCUT2D eigenvalue weighted by Crippen LogP contribution is 2.29. The molecular weight excluding hydrogens is 429 g/mol. The first-order chi connectivity index (χ1) is 15.4. The second-order valence-electron chi connectivity index (χ2n) is 7.51. The SMILES string of the molecule is CC[C@H]1COC(=O)N1c1nc(C)nc(N[C@@H](C)c2ccc(Sc3ccc(F)cc3)cc2)n1. The number of halogens is 1. The van der Waals surface area contributed by atoms with Crippen molar-refractivity contribution in [2.45, 2.75) is 49.1 Å². The van der Waals surface area contributed by atoms with E-state index in [-0.39, 0.29) is 17.9 Å². The zero-order valence-corrected chi connectivity index (χ0v) is 18.9. The normalized spacial score (nSPS) is 16.7. The van der Waals surface area contributed by atoms with E-state index in [2.05, 4.69) is 20.3 Å². The first-order valence-electron chi connectivity index (χ1n) is 10.4. The van der Waals surface area contributed by atoms with Gasteiger partial charge in [-0.1, -0.05) is 30.8 Å². The average molecular weight is 454 g/mol. The lowest BCUT2D eigenvalue weighted by Crippen LogP contribution is -2.34. The van der Waals surface area contributed by atoms with E-state index in [0.717, 1.165) is 21.8 Å². The van der Waals surface area contributed by atoms with Gasteiger partial charge < -0.3 is 10.1 Å². The number of amides is 1. The Hall–Kier alpha value is -3.20. The van der Waals surface area contributed by atoms with Crippen molar-refractivity contribution in [3.8, 4) is 0 Å². The molecule has 0 spiro atoms. The number of cyclic esters (lactones) is 1. The minimum absolute atomic E-state index is 0.0676. The Morgan fingerprint density at radius 2 is 1.78 bits per heavy atom. The first kappa shape index (κ1) is 22.0. The quantitative estimate of drug-likeness (QED) is 0.514. The van der Waals surface area contributed by atoms with Crippen LogP contribution < -0.4 is 10.2 Å². The second-order valence-corrected chi connectivity index (χ2v) is 8.65. The van der Waals surface area contributed by atoms with Crippen LogP contribution in [0.1, 0.15) is 37.7 Å². The van der Waals surface area contributed by atoms with E-state index in [9.17, 15) is 9.18 Å². The van der Waals surface area contributed by atoms with Crippen LogP contribution in [0.4, 0.5) is 21.1 Å². The number of carbonyl (C=O) groups is 1. The van der Waals surface area contributed by atoms with Crippen molar-refractivity contribution < 1.29 is 13.9 Å². The molecule has 0 aliphatic carbocycles. The Morgan fingerprint density at radius 3 is 2.44 bits per heavy atom. The molecule has 1 N–H and O–H groups in total. The Bertz CT molecular complexity index is 1090. The molecule has 166 valence electrons. The number of ether oxygens (including phenoxy) is 1. The molecule has 4 rings (SSSR count). The highest BCUT2D eigenvalue weighted by molar-refractivity contribution is 7.99. The second kappa shape index (κ2) is 9.52. The van der Waals surface area contributed by atoms with Crippen LogP contribution in [0.25, 0.3) is 0 Å². The van der Waals surface area contributed by atoms with Crippen molar-refractivity contribution in [1.82, 2.24) is 15.0 Å². The van der Waals surface area contributed by atoms with Gasteiger partial charge in [0.2, 0.25) is 11.9 Å². The number of hydrogen-bond donors (Lipinski definition) is 1. The number of nitrogens with one attached hydrogen (secondary N) is 1. The van der Waals surface area contributed by atoms with Crippen molar-refractivity contribution in [3.63, 3.8) is 0 Å². The topological polar surface area (TPSA) is 80.2 Å². The molecule has 3 aromatic rings. The molecule has 0 radical (unpaired) electrons. The number of nitrogens with zero attached hydrogens (tertiary/aromatic N) is 4. The molecule has 0 unspecified atom stereocenters. The molecule has 1 fully saturated rings. The molecule has 7 nitrogen and oxygen atoms in total. The molecule has 1 aliphatic heterocycles. The molecule has 2 atom stereocenters. The van der Waals surface area contributed by atoms with Crippen LogP contribution in [0.2, 0.25) is 0 Å². The van der Waals surface area contributed by atoms with Crippen molar-refractivity contribution in [1.29, 1.82) is 0 Å². The van der Waals surface area contributed by atoms with Crippen molar-refractivity contribution in [2.75, 3.05) is 16.8 Å². The summed E-state index contributed by atoms with van der Waals surface area (Å²) in [5, 5.41) is 3.30. The highest BCUT2D eigenvalue weighted by atomic mass is 32.2. The van der Waals surface area contributed by atoms with E-state index in [1.807, 2.05) is 38.1 Å². The molecule has 1 aliphatic rings. The molecule has 32 heavy (non-hydrogen) atoms. The zero-order chi connectivity index (χ0) is 22.7. The number of anilines is 2. The van der Waals surface area contributed by atoms with Gasteiger partial charge in [0.15, 0.2) is 0 Å². The first-order valence-corrected chi connectivity index (χ1v) is 11.2. The zero-order valence-electron chi connectivity index (χ0n) is 18.1. The molecule has 1 amide bonds. The molecular formula is C23H24FN5O2S. The summed E-state index contributed by atoms with van der Waals surface area (Å²) in [4.78, 5) is 28.9. The third kappa shape index (κ3) is 4.99. The van der Waals surface area contributed by atoms with Crippen molar-refractivity contribution in [3.05, 3.63) is 65.7 Å². The smallest absolute Gasteiger partial charge is 0.417 e. The number of aromatic nitrogens is 3. The van der Waals surface area contributed by atoms with Gasteiger partial charge in [-0.05, 0) is 62.2 Å². The van der Waals surface area contributed by atoms with Gasteiger partial charge in [0.05, 0.1) is 12.1 Å². The van der Waals surface area contributed by atoms with Crippen LogP contribution in [0.3, 0.4) is 0 Å². The maximum absolute atomic E-state index is 13.1. The Morgan fingerprint density at radius 1 is 1.12 bits per heavy atom. The average Bonchev–Trinajstić information content (AvgIpc) is 3.16. The van der Waals surface area contributed by atoms with E-state index in [1.165, 1.54) is 17.0 Å². The van der Waals surface area contributed by atoms with Crippen molar-refractivity contribution in [2.24, 2.45) is 0 Å². The predicted octanol–water partition coefficient (Wildman–Crippen LogP) is 5.38. The standard InChI is InChI=1S/C23H24FN5O2S/c1-4-18-13-31-23(30)29(18)22-27-15(3)26-21(28-22)25-14(2)16-5-9-19(10-6-16)32-20-11-7-17(24)8-12-20/h5-12,14,18H,4,13H2,1-3H3,(H,25,26,27,28)/t14-,18-/m0/s1. The fourth-order valence-corrected chi connectivity index (χ4v) is 4.20. The Kier molecular flexibility index (Phi) is 6.55. The largest absolute Gasteiger partial charge is 0.447 e. The molecule has 1 aromatic heterocycles. The summed E-state index contributed by atoms with van der Waals surface area (Å²) >= 11 is 1.57. The molecule has 0 bridgehead atoms. The third-order valence-corrected chi connectivity index (χ3v) is 6.17. The lowest BCUT2D eigenvalue weighted by atomic mass is 10.1. The maximum atomic E-state index is 13.1. The van der Waals surface area contributed by atoms with E-state index in [0.29, 0.717) is 24.3 Å². The van der Waals surface area contributed by atoms with Gasteiger partial charge in [0, 0.05) is 9.79 Å². The van der Waals surface area contributed by atoms with Gasteiger partial charge in [-0.15, -0.1) is 0 Å². The van der Waals surface area contributed by atoms with Crippen LogP contribution in [-0.2, 0) is 4.74 Å². The summed E-state index contributed by atoms with van der Waals surface area (Å²) < 4.78 is 18.2. The van der Waals surface area contributed by atoms with Gasteiger partial charge in [0.25, 0.3) is 0 Å². The van der Waals surface area contributed by atoms with Crippen LogP contribution >= 0.6 is 11.8 Å². The summed E-state index contributed by atoms with van der Waals surface area (Å²) in [5.74, 6) is 0.977. The lowest BCUT2D eigenvalue weighted by Gasteiger charge is -2.20. The Labute approximate surface area is 190 Å². The van der Waals surface area contributed by atoms with Gasteiger partial charge in [0.1, 0.15) is 18.2 Å². The number of carbonyl (C=O) groups excluding carboxylic acids is 1. The van der Waals surface area contributed by atoms with Crippen LogP contribution in [0, 0.1) is 12.7 Å². The molecule has 2 aromatic carbocycles. The monoisotopic (exact) mass is 453 g/mol. The lowest BCUT2D eigenvalue weighted by molar-refractivity contribution is 0.178. The summed E-state index contributed by atoms with van der Waals surface area (Å²) in [6.07, 6.45) is 0.313. The fraction of sp³-hybridized carbons (Fsp3) is 0.304. The molecule has 2 heterocycles. The van der Waals surface area contributed by atoms with Crippen LogP contribution in [-0.4, -0.2) is 33.7 Å². The number of rotatable bonds is 7. The summed E-state index contributed by atoms with van der Waals surface area (Å²) in [6.45, 7) is 6.11. The van der Waals surface area contributed by atoms with Gasteiger partial charge in [-0.25, -0.2) is 14.1 Å². The fourth-order valence-electron chi connectivity index (χ4n) is 3.39. The summed E-state index contributed by atoms with van der Waals surface area (Å²) in [7, 11) is 0.